The van der Waals surface area contributed by atoms with E-state index >= 15 is 0 Å². The van der Waals surface area contributed by atoms with Crippen molar-refractivity contribution in [3.63, 3.8) is 0 Å². The topological polar surface area (TPSA) is 29.5 Å². The minimum absolute atomic E-state index is 0.0565. The molecule has 0 aliphatic rings. The molecule has 0 spiro atoms. The summed E-state index contributed by atoms with van der Waals surface area (Å²) in [5.74, 6) is -43.8. The Morgan fingerprint density at radius 2 is 1.09 bits per heavy atom. The molecule has 1 unspecified atom stereocenters. The fraction of sp³-hybridized carbons (Fsp3) is 0.556. The Morgan fingerprint density at radius 3 is 1.49 bits per heavy atom. The number of hydrogen-bond acceptors (Lipinski definition) is 2. The summed E-state index contributed by atoms with van der Waals surface area (Å²) in [4.78, 5) is 0. The van der Waals surface area contributed by atoms with E-state index in [-0.39, 0.29) is 11.3 Å². The fourth-order valence-corrected chi connectivity index (χ4v) is 2.24. The minimum Gasteiger partial charge on any atom is -0.497 e. The van der Waals surface area contributed by atoms with Crippen LogP contribution in [0.5, 0.6) is 5.75 Å². The summed E-state index contributed by atoms with van der Waals surface area (Å²) in [6.07, 6.45) is -13.7. The zero-order valence-corrected chi connectivity index (χ0v) is 16.6. The average Bonchev–Trinajstić information content (AvgIpc) is 2.72. The number of benzene rings is 1. The second-order valence-corrected chi connectivity index (χ2v) is 6.74. The number of rotatable bonds is 8. The predicted molar refractivity (Wildman–Crippen MR) is 86.2 cm³/mol. The zero-order chi connectivity index (χ0) is 27.9. The maximum absolute atomic E-state index is 13.8. The molecule has 0 heterocycles. The van der Waals surface area contributed by atoms with Gasteiger partial charge in [0.25, 0.3) is 0 Å². The van der Waals surface area contributed by atoms with E-state index in [0.29, 0.717) is 0 Å². The molecule has 17 heteroatoms. The Balaban J connectivity index is 3.33. The molecule has 0 radical (unpaired) electrons. The lowest BCUT2D eigenvalue weighted by Gasteiger charge is -2.42. The number of hydrogen-bond donors (Lipinski definition) is 1. The van der Waals surface area contributed by atoms with E-state index in [1.807, 2.05) is 5.92 Å². The van der Waals surface area contributed by atoms with E-state index in [2.05, 4.69) is 0 Å². The summed E-state index contributed by atoms with van der Waals surface area (Å²) in [5.41, 5.74) is -0.0565. The molecule has 35 heavy (non-hydrogen) atoms. The highest BCUT2D eigenvalue weighted by atomic mass is 19.4. The summed E-state index contributed by atoms with van der Waals surface area (Å²) in [6, 6.07) is 4.82. The van der Waals surface area contributed by atoms with E-state index in [0.717, 1.165) is 12.1 Å². The SMILES string of the molecule is COc1ccc(C#CCC(O)C(F)(F)C(F)(F)C(F)(F)C(F)(F)C(F)(F)C(F)(F)C(F)(F)F)cc1. The molecule has 1 aromatic carbocycles. The first kappa shape index (κ1) is 30.5. The van der Waals surface area contributed by atoms with Crippen LogP contribution in [0.1, 0.15) is 12.0 Å². The van der Waals surface area contributed by atoms with Gasteiger partial charge in [-0.2, -0.15) is 65.9 Å². The molecule has 0 aliphatic heterocycles. The Morgan fingerprint density at radius 1 is 0.686 bits per heavy atom. The number of aliphatic hydroxyl groups is 1. The van der Waals surface area contributed by atoms with Crippen LogP contribution in [0.25, 0.3) is 0 Å². The van der Waals surface area contributed by atoms with Crippen molar-refractivity contribution in [2.24, 2.45) is 0 Å². The molecule has 0 bridgehead atoms. The third-order valence-electron chi connectivity index (χ3n) is 4.39. The van der Waals surface area contributed by atoms with Gasteiger partial charge in [-0.3, -0.25) is 0 Å². The first-order valence-corrected chi connectivity index (χ1v) is 8.58. The smallest absolute Gasteiger partial charge is 0.460 e. The molecule has 1 aromatic rings. The van der Waals surface area contributed by atoms with Crippen LogP contribution < -0.4 is 4.74 Å². The molecule has 0 saturated carbocycles. The average molecular weight is 544 g/mol. The fourth-order valence-electron chi connectivity index (χ4n) is 2.24. The monoisotopic (exact) mass is 544 g/mol. The van der Waals surface area contributed by atoms with Crippen molar-refractivity contribution < 1.29 is 75.7 Å². The maximum Gasteiger partial charge on any atom is 0.460 e. The van der Waals surface area contributed by atoms with Crippen molar-refractivity contribution in [2.75, 3.05) is 7.11 Å². The quantitative estimate of drug-likeness (QED) is 0.314. The third-order valence-corrected chi connectivity index (χ3v) is 4.39. The Kier molecular flexibility index (Phi) is 8.00. The van der Waals surface area contributed by atoms with Crippen LogP contribution in [0.2, 0.25) is 0 Å². The van der Waals surface area contributed by atoms with Gasteiger partial charge in [0.2, 0.25) is 0 Å². The highest BCUT2D eigenvalue weighted by molar-refractivity contribution is 5.38. The first-order valence-electron chi connectivity index (χ1n) is 8.58. The van der Waals surface area contributed by atoms with Crippen molar-refractivity contribution >= 4 is 0 Å². The highest BCUT2D eigenvalue weighted by Gasteiger charge is 2.93. The van der Waals surface area contributed by atoms with Gasteiger partial charge in [0.1, 0.15) is 11.9 Å². The number of halogens is 15. The van der Waals surface area contributed by atoms with Crippen molar-refractivity contribution in [1.82, 2.24) is 0 Å². The number of aliphatic hydroxyl groups excluding tert-OH is 1. The van der Waals surface area contributed by atoms with Gasteiger partial charge in [0, 0.05) is 12.0 Å². The largest absolute Gasteiger partial charge is 0.497 e. The van der Waals surface area contributed by atoms with Crippen LogP contribution in [-0.4, -0.2) is 60.0 Å². The van der Waals surface area contributed by atoms with Gasteiger partial charge < -0.3 is 9.84 Å². The standard InChI is InChI=1S/C18H11F15O2/c1-35-10-7-5-9(6-8-10)3-2-4-11(34)12(19,20)13(21,22)14(23,24)15(25,26)16(27,28)17(29,30)18(31,32)33/h5-8,11,34H,4H2,1H3. The van der Waals surface area contributed by atoms with E-state index < -0.39 is 54.2 Å². The van der Waals surface area contributed by atoms with Crippen LogP contribution in [0.3, 0.4) is 0 Å². The lowest BCUT2D eigenvalue weighted by Crippen LogP contribution is -2.73. The summed E-state index contributed by atoms with van der Waals surface area (Å²) >= 11 is 0. The Hall–Kier alpha value is -2.51. The van der Waals surface area contributed by atoms with Gasteiger partial charge in [0.15, 0.2) is 0 Å². The zero-order valence-electron chi connectivity index (χ0n) is 16.6. The van der Waals surface area contributed by atoms with Crippen LogP contribution >= 0.6 is 0 Å². The van der Waals surface area contributed by atoms with Gasteiger partial charge in [0.05, 0.1) is 7.11 Å². The molecule has 0 amide bonds. The van der Waals surface area contributed by atoms with E-state index in [4.69, 9.17) is 9.84 Å². The molecule has 0 saturated heterocycles. The summed E-state index contributed by atoms with van der Waals surface area (Å²) < 4.78 is 202. The summed E-state index contributed by atoms with van der Waals surface area (Å²) in [5, 5.41) is 9.15. The molecule has 0 aromatic heterocycles. The molecule has 0 fully saturated rings. The second kappa shape index (κ2) is 9.17. The van der Waals surface area contributed by atoms with E-state index in [9.17, 15) is 65.9 Å². The number of methoxy groups -OCH3 is 1. The molecule has 1 rings (SSSR count). The Bertz CT molecular complexity index is 939. The Labute approximate surface area is 185 Å². The number of alkyl halides is 15. The molecule has 1 N–H and O–H groups in total. The van der Waals surface area contributed by atoms with E-state index in [1.165, 1.54) is 19.2 Å². The van der Waals surface area contributed by atoms with Crippen molar-refractivity contribution in [1.29, 1.82) is 0 Å². The van der Waals surface area contributed by atoms with Crippen molar-refractivity contribution in [2.45, 2.75) is 54.2 Å². The lowest BCUT2D eigenvalue weighted by molar-refractivity contribution is -0.455. The molecule has 200 valence electrons. The van der Waals surface area contributed by atoms with Gasteiger partial charge in [-0.05, 0) is 24.3 Å². The van der Waals surface area contributed by atoms with Gasteiger partial charge in [-0.25, -0.2) is 0 Å². The molecular formula is C18H11F15O2. The highest BCUT2D eigenvalue weighted by Crippen LogP contribution is 2.62. The lowest BCUT2D eigenvalue weighted by atomic mass is 9.89. The van der Waals surface area contributed by atoms with Gasteiger partial charge >= 0.3 is 41.7 Å². The van der Waals surface area contributed by atoms with Crippen LogP contribution in [-0.2, 0) is 0 Å². The van der Waals surface area contributed by atoms with Gasteiger partial charge in [-0.15, -0.1) is 0 Å². The van der Waals surface area contributed by atoms with Crippen LogP contribution in [0.15, 0.2) is 24.3 Å². The minimum atomic E-state index is -8.40. The molecule has 0 aliphatic carbocycles. The first-order chi connectivity index (χ1) is 15.4. The van der Waals surface area contributed by atoms with Crippen molar-refractivity contribution in [3.05, 3.63) is 29.8 Å². The third kappa shape index (κ3) is 4.81. The van der Waals surface area contributed by atoms with Crippen LogP contribution in [0, 0.1) is 11.8 Å². The van der Waals surface area contributed by atoms with Crippen LogP contribution in [0.4, 0.5) is 65.9 Å². The second-order valence-electron chi connectivity index (χ2n) is 6.74. The van der Waals surface area contributed by atoms with E-state index in [1.54, 1.807) is 5.92 Å². The van der Waals surface area contributed by atoms with Crippen molar-refractivity contribution in [3.8, 4) is 17.6 Å². The molecule has 1 atom stereocenters. The molecule has 2 nitrogen and oxygen atoms in total. The summed E-state index contributed by atoms with van der Waals surface area (Å²) in [7, 11) is 1.25. The maximum atomic E-state index is 13.8. The normalized spacial score (nSPS) is 15.3. The molecular weight excluding hydrogens is 533 g/mol. The summed E-state index contributed by atoms with van der Waals surface area (Å²) in [6.45, 7) is 0. The number of ether oxygens (including phenoxy) is 1. The predicted octanol–water partition coefficient (Wildman–Crippen LogP) is 6.17. The van der Waals surface area contributed by atoms with Gasteiger partial charge in [-0.1, -0.05) is 11.8 Å².